The van der Waals surface area contributed by atoms with Crippen molar-refractivity contribution < 1.29 is 4.39 Å². The summed E-state index contributed by atoms with van der Waals surface area (Å²) in [4.78, 5) is 12.4. The minimum Gasteiger partial charge on any atom is -0.377 e. The third kappa shape index (κ3) is 2.44. The molecule has 0 amide bonds. The fourth-order valence-corrected chi connectivity index (χ4v) is 2.97. The zero-order valence-electron chi connectivity index (χ0n) is 13.8. The van der Waals surface area contributed by atoms with Gasteiger partial charge in [-0.25, -0.2) is 4.39 Å². The van der Waals surface area contributed by atoms with E-state index < -0.39 is 0 Å². The molecule has 6 nitrogen and oxygen atoms in total. The lowest BCUT2D eigenvalue weighted by Crippen LogP contribution is -2.20. The number of halogens is 1. The molecule has 126 valence electrons. The number of rotatable bonds is 3. The van der Waals surface area contributed by atoms with E-state index in [9.17, 15) is 9.18 Å². The highest BCUT2D eigenvalue weighted by molar-refractivity contribution is 5.80. The van der Waals surface area contributed by atoms with Gasteiger partial charge in [0.1, 0.15) is 5.82 Å². The van der Waals surface area contributed by atoms with Crippen LogP contribution in [0.1, 0.15) is 11.4 Å². The summed E-state index contributed by atoms with van der Waals surface area (Å²) in [5.74, 6) is 0.814. The predicted molar refractivity (Wildman–Crippen MR) is 94.2 cm³/mol. The van der Waals surface area contributed by atoms with Crippen molar-refractivity contribution in [2.75, 3.05) is 5.32 Å². The van der Waals surface area contributed by atoms with Gasteiger partial charge in [0, 0.05) is 12.7 Å². The van der Waals surface area contributed by atoms with Crippen LogP contribution in [0.25, 0.3) is 16.7 Å². The van der Waals surface area contributed by atoms with Crippen LogP contribution in [-0.4, -0.2) is 19.2 Å². The number of para-hydroxylation sites is 1. The Morgan fingerprint density at radius 3 is 2.80 bits per heavy atom. The minimum atomic E-state index is -0.299. The van der Waals surface area contributed by atoms with Crippen LogP contribution < -0.4 is 10.9 Å². The molecular weight excluding hydrogens is 321 g/mol. The number of nitrogens with zero attached hydrogens (tertiary/aromatic N) is 4. The molecule has 0 radical (unpaired) electrons. The third-order valence-corrected chi connectivity index (χ3v) is 4.33. The van der Waals surface area contributed by atoms with Gasteiger partial charge in [-0.3, -0.25) is 13.8 Å². The summed E-state index contributed by atoms with van der Waals surface area (Å²) in [5.41, 5.74) is 2.27. The van der Waals surface area contributed by atoms with E-state index in [-0.39, 0.29) is 11.4 Å². The lowest BCUT2D eigenvalue weighted by atomic mass is 10.2. The quantitative estimate of drug-likeness (QED) is 0.624. The number of hydrogen-bond donors (Lipinski definition) is 1. The summed E-state index contributed by atoms with van der Waals surface area (Å²) in [6.07, 6.45) is 0. The van der Waals surface area contributed by atoms with Crippen LogP contribution in [0.5, 0.6) is 0 Å². The summed E-state index contributed by atoms with van der Waals surface area (Å²) in [6.45, 7) is 2.26. The molecule has 4 rings (SSSR count). The summed E-state index contributed by atoms with van der Waals surface area (Å²) in [5, 5.41) is 12.1. The molecule has 0 saturated heterocycles. The van der Waals surface area contributed by atoms with Gasteiger partial charge in [-0.15, -0.1) is 10.2 Å². The van der Waals surface area contributed by atoms with Crippen molar-refractivity contribution in [2.24, 2.45) is 7.05 Å². The van der Waals surface area contributed by atoms with Gasteiger partial charge in [0.25, 0.3) is 5.56 Å². The average Bonchev–Trinajstić information content (AvgIpc) is 3.05. The fraction of sp³-hybridized carbons (Fsp3) is 0.167. The number of benzene rings is 2. The number of hydrogen-bond acceptors (Lipinski definition) is 4. The van der Waals surface area contributed by atoms with Crippen LogP contribution in [0.3, 0.4) is 0 Å². The monoisotopic (exact) mass is 337 g/mol. The molecule has 0 aliphatic carbocycles. The molecule has 2 aromatic carbocycles. The molecule has 0 bridgehead atoms. The molecule has 2 aromatic heterocycles. The molecule has 0 saturated carbocycles. The van der Waals surface area contributed by atoms with Crippen molar-refractivity contribution in [1.82, 2.24) is 19.2 Å². The van der Waals surface area contributed by atoms with Gasteiger partial charge in [-0.2, -0.15) is 0 Å². The highest BCUT2D eigenvalue weighted by Crippen LogP contribution is 2.18. The maximum absolute atomic E-state index is 13.5. The van der Waals surface area contributed by atoms with Crippen LogP contribution in [0.2, 0.25) is 0 Å². The molecule has 0 spiro atoms. The van der Waals surface area contributed by atoms with E-state index >= 15 is 0 Å². The molecule has 0 fully saturated rings. The smallest absolute Gasteiger partial charge is 0.262 e. The second kappa shape index (κ2) is 5.70. The fourth-order valence-electron chi connectivity index (χ4n) is 2.97. The van der Waals surface area contributed by atoms with Gasteiger partial charge >= 0.3 is 0 Å². The van der Waals surface area contributed by atoms with Crippen molar-refractivity contribution in [3.63, 3.8) is 0 Å². The number of fused-ring (bicyclic) bond motifs is 3. The zero-order chi connectivity index (χ0) is 17.6. The van der Waals surface area contributed by atoms with Gasteiger partial charge in [0.05, 0.1) is 17.4 Å². The maximum atomic E-state index is 13.5. The predicted octanol–water partition coefficient (Wildman–Crippen LogP) is 2.64. The van der Waals surface area contributed by atoms with Gasteiger partial charge in [0.2, 0.25) is 5.78 Å². The van der Waals surface area contributed by atoms with E-state index in [1.807, 2.05) is 29.5 Å². The molecule has 1 N–H and O–H groups in total. The number of aryl methyl sites for hydroxylation is 2. The first-order valence-corrected chi connectivity index (χ1v) is 7.88. The van der Waals surface area contributed by atoms with Crippen molar-refractivity contribution in [3.05, 3.63) is 70.0 Å². The minimum absolute atomic E-state index is 0.115. The Hall–Kier alpha value is -3.22. The topological polar surface area (TPSA) is 64.2 Å². The Bertz CT molecular complexity index is 1160. The van der Waals surface area contributed by atoms with E-state index in [1.54, 1.807) is 19.2 Å². The molecule has 0 aliphatic heterocycles. The van der Waals surface area contributed by atoms with Gasteiger partial charge < -0.3 is 5.32 Å². The van der Waals surface area contributed by atoms with E-state index in [4.69, 9.17) is 0 Å². The van der Waals surface area contributed by atoms with Crippen LogP contribution in [0, 0.1) is 12.7 Å². The van der Waals surface area contributed by atoms with Crippen molar-refractivity contribution in [3.8, 4) is 0 Å². The average molecular weight is 337 g/mol. The highest BCUT2D eigenvalue weighted by Gasteiger charge is 2.14. The SMILES string of the molecule is Cc1ccc(F)cc1NCc1nnc2n(C)c(=O)c3ccccc3n12. The molecule has 4 aromatic rings. The molecule has 2 heterocycles. The summed E-state index contributed by atoms with van der Waals surface area (Å²) < 4.78 is 16.8. The first-order valence-electron chi connectivity index (χ1n) is 7.88. The Labute approximate surface area is 142 Å². The van der Waals surface area contributed by atoms with Gasteiger partial charge in [-0.1, -0.05) is 18.2 Å². The Morgan fingerprint density at radius 2 is 1.96 bits per heavy atom. The maximum Gasteiger partial charge on any atom is 0.262 e. The highest BCUT2D eigenvalue weighted by atomic mass is 19.1. The molecule has 0 atom stereocenters. The number of aromatic nitrogens is 4. The second-order valence-electron chi connectivity index (χ2n) is 5.95. The van der Waals surface area contributed by atoms with E-state index in [1.165, 1.54) is 16.7 Å². The Kier molecular flexibility index (Phi) is 3.49. The zero-order valence-corrected chi connectivity index (χ0v) is 13.8. The van der Waals surface area contributed by atoms with Crippen LogP contribution >= 0.6 is 0 Å². The lowest BCUT2D eigenvalue weighted by molar-refractivity contribution is 0.627. The standard InChI is InChI=1S/C18H16FN5O/c1-11-7-8-12(19)9-14(11)20-10-16-21-22-18-23(2)17(25)13-5-3-4-6-15(13)24(16)18/h3-9,20H,10H2,1-2H3. The molecule has 25 heavy (non-hydrogen) atoms. The van der Waals surface area contributed by atoms with E-state index in [0.717, 1.165) is 11.1 Å². The van der Waals surface area contributed by atoms with Gasteiger partial charge in [0.15, 0.2) is 5.82 Å². The summed E-state index contributed by atoms with van der Waals surface area (Å²) in [7, 11) is 1.67. The molecule has 0 unspecified atom stereocenters. The van der Waals surface area contributed by atoms with Crippen molar-refractivity contribution >= 4 is 22.4 Å². The van der Waals surface area contributed by atoms with Crippen LogP contribution in [-0.2, 0) is 13.6 Å². The number of nitrogens with one attached hydrogen (secondary N) is 1. The lowest BCUT2D eigenvalue weighted by Gasteiger charge is -2.10. The first-order chi connectivity index (χ1) is 12.1. The third-order valence-electron chi connectivity index (χ3n) is 4.33. The Morgan fingerprint density at radius 1 is 1.16 bits per heavy atom. The van der Waals surface area contributed by atoms with Crippen LogP contribution in [0.15, 0.2) is 47.3 Å². The molecule has 0 aliphatic rings. The second-order valence-corrected chi connectivity index (χ2v) is 5.95. The van der Waals surface area contributed by atoms with Crippen molar-refractivity contribution in [2.45, 2.75) is 13.5 Å². The Balaban J connectivity index is 1.83. The van der Waals surface area contributed by atoms with Gasteiger partial charge in [-0.05, 0) is 36.8 Å². The first kappa shape index (κ1) is 15.3. The van der Waals surface area contributed by atoms with Crippen molar-refractivity contribution in [1.29, 1.82) is 0 Å². The number of anilines is 1. The molecule has 7 heteroatoms. The van der Waals surface area contributed by atoms with Crippen LogP contribution in [0.4, 0.5) is 10.1 Å². The molecular formula is C18H16FN5O. The summed E-state index contributed by atoms with van der Waals surface area (Å²) in [6, 6.07) is 11.9. The normalized spacial score (nSPS) is 11.3. The summed E-state index contributed by atoms with van der Waals surface area (Å²) >= 11 is 0. The van der Waals surface area contributed by atoms with E-state index in [0.29, 0.717) is 29.2 Å². The van der Waals surface area contributed by atoms with E-state index in [2.05, 4.69) is 15.5 Å². The largest absolute Gasteiger partial charge is 0.377 e.